The molecule has 1 amide bonds. The molecule has 2 saturated carbocycles. The zero-order valence-electron chi connectivity index (χ0n) is 19.3. The van der Waals surface area contributed by atoms with E-state index in [-0.39, 0.29) is 23.2 Å². The van der Waals surface area contributed by atoms with Gasteiger partial charge in [0, 0.05) is 27.3 Å². The minimum absolute atomic E-state index is 0.0378. The van der Waals surface area contributed by atoms with E-state index in [0.717, 1.165) is 26.9 Å². The molecule has 34 heavy (non-hydrogen) atoms. The van der Waals surface area contributed by atoms with Gasteiger partial charge in [0.05, 0.1) is 12.1 Å². The van der Waals surface area contributed by atoms with Gasteiger partial charge in [-0.25, -0.2) is 0 Å². The van der Waals surface area contributed by atoms with Crippen molar-refractivity contribution in [2.75, 3.05) is 12.4 Å². The Kier molecular flexibility index (Phi) is 5.57. The first-order valence-corrected chi connectivity index (χ1v) is 13.6. The van der Waals surface area contributed by atoms with Gasteiger partial charge < -0.3 is 10.1 Å². The van der Waals surface area contributed by atoms with Crippen LogP contribution in [0.5, 0.6) is 5.75 Å². The summed E-state index contributed by atoms with van der Waals surface area (Å²) in [4.78, 5) is 27.3. The van der Waals surface area contributed by atoms with Crippen molar-refractivity contribution in [3.63, 3.8) is 0 Å². The zero-order valence-corrected chi connectivity index (χ0v) is 21.0. The second kappa shape index (κ2) is 8.61. The Morgan fingerprint density at radius 3 is 2.71 bits per heavy atom. The first kappa shape index (κ1) is 22.0. The molecule has 3 aromatic rings. The van der Waals surface area contributed by atoms with E-state index < -0.39 is 0 Å². The molecule has 176 valence electrons. The summed E-state index contributed by atoms with van der Waals surface area (Å²) in [6.45, 7) is 2.01. The molecule has 0 radical (unpaired) electrons. The fourth-order valence-electron chi connectivity index (χ4n) is 6.41. The Labute approximate surface area is 207 Å². The van der Waals surface area contributed by atoms with Crippen LogP contribution in [0.15, 0.2) is 58.4 Å². The van der Waals surface area contributed by atoms with Crippen molar-refractivity contribution in [2.45, 2.75) is 48.9 Å². The number of anilines is 1. The van der Waals surface area contributed by atoms with Gasteiger partial charge in [0.15, 0.2) is 0 Å². The number of nitrogens with one attached hydrogen (secondary N) is 1. The predicted molar refractivity (Wildman–Crippen MR) is 137 cm³/mol. The van der Waals surface area contributed by atoms with Crippen molar-refractivity contribution in [1.29, 1.82) is 0 Å². The van der Waals surface area contributed by atoms with E-state index >= 15 is 0 Å². The van der Waals surface area contributed by atoms with E-state index in [1.807, 2.05) is 55.1 Å². The standard InChI is InChI=1S/C27H28N2O3S2/c1-15-7-3-5-9-19(15)28-21(30)14-29-26-25(34-27(29)31)23(18-8-4-6-10-20(18)32-2)22-16-11-12-17(13-16)24(22)33-26/h3-10,16-17,22-24H,11-14H2,1-2H3,(H,28,30)/t16?,17?,22?,23-,24?/m0/s1. The smallest absolute Gasteiger partial charge is 0.308 e. The zero-order chi connectivity index (χ0) is 23.4. The van der Waals surface area contributed by atoms with E-state index in [4.69, 9.17) is 4.74 Å². The number of fused-ring (bicyclic) bond motifs is 6. The minimum Gasteiger partial charge on any atom is -0.496 e. The van der Waals surface area contributed by atoms with Crippen LogP contribution in [0, 0.1) is 24.7 Å². The predicted octanol–water partition coefficient (Wildman–Crippen LogP) is 5.52. The average molecular weight is 493 g/mol. The largest absolute Gasteiger partial charge is 0.496 e. The highest BCUT2D eigenvalue weighted by Crippen LogP contribution is 2.64. The van der Waals surface area contributed by atoms with Gasteiger partial charge >= 0.3 is 4.87 Å². The lowest BCUT2D eigenvalue weighted by Crippen LogP contribution is -2.35. The van der Waals surface area contributed by atoms with Gasteiger partial charge in [-0.1, -0.05) is 47.7 Å². The molecule has 2 aromatic carbocycles. The number of aromatic nitrogens is 1. The van der Waals surface area contributed by atoms with E-state index in [1.165, 1.54) is 36.2 Å². The quantitative estimate of drug-likeness (QED) is 0.510. The van der Waals surface area contributed by atoms with E-state index in [0.29, 0.717) is 23.0 Å². The normalized spacial score (nSPS) is 26.7. The van der Waals surface area contributed by atoms with Crippen LogP contribution in [0.4, 0.5) is 5.69 Å². The number of thioether (sulfide) groups is 1. The van der Waals surface area contributed by atoms with Gasteiger partial charge in [-0.3, -0.25) is 14.2 Å². The number of benzene rings is 2. The number of carbonyl (C=O) groups is 1. The van der Waals surface area contributed by atoms with Crippen LogP contribution in [-0.4, -0.2) is 22.8 Å². The SMILES string of the molecule is COc1ccccc1[C@@H]1c2sc(=O)n(CC(=O)Nc3ccccc3C)c2SC2C3CCC(C3)C21. The first-order chi connectivity index (χ1) is 16.5. The third-order valence-corrected chi connectivity index (χ3v) is 10.7. The van der Waals surface area contributed by atoms with Crippen LogP contribution >= 0.6 is 23.1 Å². The summed E-state index contributed by atoms with van der Waals surface area (Å²) in [6.07, 6.45) is 3.83. The summed E-state index contributed by atoms with van der Waals surface area (Å²) in [7, 11) is 1.72. The molecule has 0 spiro atoms. The maximum absolute atomic E-state index is 13.2. The second-order valence-corrected chi connectivity index (χ2v) is 11.9. The number of rotatable bonds is 5. The summed E-state index contributed by atoms with van der Waals surface area (Å²) in [6, 6.07) is 16.0. The topological polar surface area (TPSA) is 60.3 Å². The molecule has 7 heteroatoms. The second-order valence-electron chi connectivity index (χ2n) is 9.70. The fraction of sp³-hybridized carbons (Fsp3) is 0.407. The lowest BCUT2D eigenvalue weighted by atomic mass is 9.74. The van der Waals surface area contributed by atoms with Crippen molar-refractivity contribution in [3.8, 4) is 5.75 Å². The summed E-state index contributed by atoms with van der Waals surface area (Å²) in [5.41, 5.74) is 2.97. The van der Waals surface area contributed by atoms with E-state index in [2.05, 4.69) is 17.4 Å². The maximum Gasteiger partial charge on any atom is 0.308 e. The van der Waals surface area contributed by atoms with Gasteiger partial charge in [0.2, 0.25) is 5.91 Å². The third kappa shape index (κ3) is 3.52. The number of hydrogen-bond acceptors (Lipinski definition) is 5. The summed E-state index contributed by atoms with van der Waals surface area (Å²) in [5.74, 6) is 2.76. The Morgan fingerprint density at radius 1 is 1.12 bits per heavy atom. The Balaban J connectivity index is 1.40. The third-order valence-electron chi connectivity index (χ3n) is 7.89. The fourth-order valence-corrected chi connectivity index (χ4v) is 9.55. The number of methoxy groups -OCH3 is 1. The molecule has 5 nitrogen and oxygen atoms in total. The van der Waals surface area contributed by atoms with Gasteiger partial charge in [-0.05, 0) is 61.6 Å². The molecule has 3 aliphatic rings. The molecule has 0 saturated heterocycles. The molecule has 2 bridgehead atoms. The van der Waals surface area contributed by atoms with Crippen LogP contribution < -0.4 is 14.9 Å². The number of thiazole rings is 1. The molecule has 1 aliphatic heterocycles. The average Bonchev–Trinajstić information content (AvgIpc) is 3.54. The molecule has 2 heterocycles. The van der Waals surface area contributed by atoms with Crippen molar-refractivity contribution in [2.24, 2.45) is 17.8 Å². The number of nitrogens with zero attached hydrogens (tertiary/aromatic N) is 1. The van der Waals surface area contributed by atoms with Gasteiger partial charge in [0.25, 0.3) is 0 Å². The highest BCUT2D eigenvalue weighted by Gasteiger charge is 2.55. The molecule has 1 aromatic heterocycles. The van der Waals surface area contributed by atoms with Crippen molar-refractivity contribution in [3.05, 3.63) is 74.2 Å². The molecule has 5 atom stereocenters. The van der Waals surface area contributed by atoms with Crippen molar-refractivity contribution < 1.29 is 9.53 Å². The lowest BCUT2D eigenvalue weighted by molar-refractivity contribution is -0.116. The highest BCUT2D eigenvalue weighted by molar-refractivity contribution is 8.00. The number of hydrogen-bond donors (Lipinski definition) is 1. The van der Waals surface area contributed by atoms with Crippen LogP contribution in [0.25, 0.3) is 0 Å². The Bertz CT molecular complexity index is 1310. The van der Waals surface area contributed by atoms with Crippen LogP contribution in [0.1, 0.15) is 41.2 Å². The number of amides is 1. The number of para-hydroxylation sites is 2. The van der Waals surface area contributed by atoms with E-state index in [1.54, 1.807) is 11.7 Å². The number of aryl methyl sites for hydroxylation is 1. The number of ether oxygens (including phenoxy) is 1. The molecule has 1 N–H and O–H groups in total. The van der Waals surface area contributed by atoms with E-state index in [9.17, 15) is 9.59 Å². The van der Waals surface area contributed by atoms with Crippen molar-refractivity contribution in [1.82, 2.24) is 4.57 Å². The Hall–Kier alpha value is -2.51. The van der Waals surface area contributed by atoms with Crippen molar-refractivity contribution >= 4 is 34.7 Å². The summed E-state index contributed by atoms with van der Waals surface area (Å²) < 4.78 is 7.48. The molecule has 2 fully saturated rings. The number of carbonyl (C=O) groups excluding carboxylic acids is 1. The highest BCUT2D eigenvalue weighted by atomic mass is 32.2. The molecule has 4 unspecified atom stereocenters. The maximum atomic E-state index is 13.2. The van der Waals surface area contributed by atoms with Gasteiger partial charge in [-0.15, -0.1) is 11.8 Å². The molecule has 2 aliphatic carbocycles. The van der Waals surface area contributed by atoms with Crippen LogP contribution in [-0.2, 0) is 11.3 Å². The Morgan fingerprint density at radius 2 is 1.88 bits per heavy atom. The minimum atomic E-state index is -0.165. The molecular weight excluding hydrogens is 464 g/mol. The lowest BCUT2D eigenvalue weighted by Gasteiger charge is -2.40. The summed E-state index contributed by atoms with van der Waals surface area (Å²) >= 11 is 3.17. The first-order valence-electron chi connectivity index (χ1n) is 11.9. The van der Waals surface area contributed by atoms with Gasteiger partial charge in [0.1, 0.15) is 12.3 Å². The monoisotopic (exact) mass is 492 g/mol. The van der Waals surface area contributed by atoms with Crippen LogP contribution in [0.2, 0.25) is 0 Å². The molecule has 6 rings (SSSR count). The summed E-state index contributed by atoms with van der Waals surface area (Å²) in [5, 5.41) is 4.47. The molecular formula is C27H28N2O3S2. The van der Waals surface area contributed by atoms with Crippen LogP contribution in [0.3, 0.4) is 0 Å². The van der Waals surface area contributed by atoms with Gasteiger partial charge in [-0.2, -0.15) is 0 Å².